The Hall–Kier alpha value is -1.62. The second-order valence-electron chi connectivity index (χ2n) is 5.47. The van der Waals surface area contributed by atoms with Crippen LogP contribution in [0.1, 0.15) is 31.2 Å². The van der Waals surface area contributed by atoms with E-state index in [1.165, 1.54) is 44.8 Å². The zero-order chi connectivity index (χ0) is 14.4. The molecular weight excluding hydrogens is 256 g/mol. The number of hydrogen-bond donors (Lipinski definition) is 1. The highest BCUT2D eigenvalue weighted by Gasteiger charge is 2.13. The van der Waals surface area contributed by atoms with E-state index in [-0.39, 0.29) is 10.6 Å². The Balaban J connectivity index is 1.81. The number of hydrogen-bond acceptors (Lipinski definition) is 3. The number of nitrogens with one attached hydrogen (secondary N) is 1. The van der Waals surface area contributed by atoms with Crippen LogP contribution in [-0.4, -0.2) is 31.2 Å². The van der Waals surface area contributed by atoms with Crippen molar-refractivity contribution in [3.63, 3.8) is 0 Å². The van der Waals surface area contributed by atoms with Gasteiger partial charge in [0.2, 0.25) is 0 Å². The van der Waals surface area contributed by atoms with Crippen LogP contribution in [0.3, 0.4) is 0 Å². The normalized spacial score (nSPS) is 16.6. The van der Waals surface area contributed by atoms with Gasteiger partial charge in [0.25, 0.3) is 5.69 Å². The molecule has 2 rings (SSSR count). The van der Waals surface area contributed by atoms with Crippen molar-refractivity contribution in [3.05, 3.63) is 33.9 Å². The molecular formula is C15H23N2O3+. The Labute approximate surface area is 119 Å². The zero-order valence-corrected chi connectivity index (χ0v) is 12.1. The van der Waals surface area contributed by atoms with E-state index in [1.54, 1.807) is 24.0 Å². The van der Waals surface area contributed by atoms with Gasteiger partial charge in [-0.3, -0.25) is 10.1 Å². The second kappa shape index (κ2) is 7.24. The molecule has 5 nitrogen and oxygen atoms in total. The molecule has 0 bridgehead atoms. The first kappa shape index (κ1) is 14.8. The van der Waals surface area contributed by atoms with Gasteiger partial charge in [-0.05, 0) is 44.7 Å². The first-order chi connectivity index (χ1) is 9.66. The summed E-state index contributed by atoms with van der Waals surface area (Å²) >= 11 is 0. The molecule has 1 fully saturated rings. The molecule has 0 spiro atoms. The van der Waals surface area contributed by atoms with Crippen LogP contribution in [0.4, 0.5) is 5.69 Å². The highest BCUT2D eigenvalue weighted by Crippen LogP contribution is 2.22. The fourth-order valence-corrected chi connectivity index (χ4v) is 2.71. The van der Waals surface area contributed by atoms with Crippen LogP contribution >= 0.6 is 0 Å². The van der Waals surface area contributed by atoms with Crippen LogP contribution in [0.15, 0.2) is 18.2 Å². The summed E-state index contributed by atoms with van der Waals surface area (Å²) < 4.78 is 5.72. The summed E-state index contributed by atoms with van der Waals surface area (Å²) in [7, 11) is 0. The molecule has 0 saturated carbocycles. The van der Waals surface area contributed by atoms with Gasteiger partial charge in [-0.15, -0.1) is 0 Å². The van der Waals surface area contributed by atoms with Crippen molar-refractivity contribution in [2.24, 2.45) is 0 Å². The number of nitro benzene ring substituents is 1. The monoisotopic (exact) mass is 279 g/mol. The molecule has 1 aliphatic heterocycles. The van der Waals surface area contributed by atoms with Crippen LogP contribution in [-0.2, 0) is 0 Å². The van der Waals surface area contributed by atoms with E-state index in [0.717, 1.165) is 12.3 Å². The SMILES string of the molecule is Cc1cc(OCC[NH+]2CCCCCC2)ccc1[N+](=O)[O-]. The van der Waals surface area contributed by atoms with E-state index < -0.39 is 0 Å². The third-order valence-corrected chi connectivity index (χ3v) is 3.90. The molecule has 0 aliphatic carbocycles. The maximum absolute atomic E-state index is 10.7. The van der Waals surface area contributed by atoms with Crippen molar-refractivity contribution in [3.8, 4) is 5.75 Å². The number of aryl methyl sites for hydroxylation is 1. The minimum atomic E-state index is -0.361. The van der Waals surface area contributed by atoms with Gasteiger partial charge in [-0.2, -0.15) is 0 Å². The Morgan fingerprint density at radius 1 is 1.25 bits per heavy atom. The van der Waals surface area contributed by atoms with Crippen LogP contribution in [0.25, 0.3) is 0 Å². The zero-order valence-electron chi connectivity index (χ0n) is 12.1. The summed E-state index contributed by atoms with van der Waals surface area (Å²) in [4.78, 5) is 12.0. The molecule has 5 heteroatoms. The molecule has 1 N–H and O–H groups in total. The molecule has 0 unspecified atom stereocenters. The predicted octanol–water partition coefficient (Wildman–Crippen LogP) is 1.74. The van der Waals surface area contributed by atoms with Crippen molar-refractivity contribution in [2.75, 3.05) is 26.2 Å². The number of nitro groups is 1. The Morgan fingerprint density at radius 2 is 1.95 bits per heavy atom. The van der Waals surface area contributed by atoms with Crippen molar-refractivity contribution in [2.45, 2.75) is 32.6 Å². The first-order valence-corrected chi connectivity index (χ1v) is 7.38. The topological polar surface area (TPSA) is 56.8 Å². The van der Waals surface area contributed by atoms with Crippen molar-refractivity contribution in [1.29, 1.82) is 0 Å². The largest absolute Gasteiger partial charge is 0.488 e. The lowest BCUT2D eigenvalue weighted by molar-refractivity contribution is -0.899. The van der Waals surface area contributed by atoms with Crippen molar-refractivity contribution in [1.82, 2.24) is 0 Å². The molecule has 110 valence electrons. The molecule has 20 heavy (non-hydrogen) atoms. The van der Waals surface area contributed by atoms with Crippen LogP contribution < -0.4 is 9.64 Å². The summed E-state index contributed by atoms with van der Waals surface area (Å²) in [5.41, 5.74) is 0.796. The molecule has 1 aromatic rings. The molecule has 0 aromatic heterocycles. The fraction of sp³-hybridized carbons (Fsp3) is 0.600. The predicted molar refractivity (Wildman–Crippen MR) is 77.4 cm³/mol. The van der Waals surface area contributed by atoms with Crippen LogP contribution in [0, 0.1) is 17.0 Å². The lowest BCUT2D eigenvalue weighted by atomic mass is 10.2. The van der Waals surface area contributed by atoms with Gasteiger partial charge in [-0.25, -0.2) is 0 Å². The molecule has 0 atom stereocenters. The smallest absolute Gasteiger partial charge is 0.272 e. The average molecular weight is 279 g/mol. The van der Waals surface area contributed by atoms with E-state index in [2.05, 4.69) is 0 Å². The number of benzene rings is 1. The third kappa shape index (κ3) is 4.20. The fourth-order valence-electron chi connectivity index (χ4n) is 2.71. The van der Waals surface area contributed by atoms with E-state index in [4.69, 9.17) is 4.74 Å². The number of likely N-dealkylation sites (tertiary alicyclic amines) is 1. The van der Waals surface area contributed by atoms with Gasteiger partial charge in [0.05, 0.1) is 18.0 Å². The minimum Gasteiger partial charge on any atom is -0.488 e. The highest BCUT2D eigenvalue weighted by atomic mass is 16.6. The number of rotatable bonds is 5. The van der Waals surface area contributed by atoms with Crippen LogP contribution in [0.2, 0.25) is 0 Å². The first-order valence-electron chi connectivity index (χ1n) is 7.38. The van der Waals surface area contributed by atoms with E-state index in [1.807, 2.05) is 0 Å². The summed E-state index contributed by atoms with van der Waals surface area (Å²) in [5.74, 6) is 0.724. The standard InChI is InChI=1S/C15H22N2O3/c1-13-12-14(6-7-15(13)17(18)19)20-11-10-16-8-4-2-3-5-9-16/h6-7,12H,2-5,8-11H2,1H3/p+1. The van der Waals surface area contributed by atoms with Gasteiger partial charge in [0, 0.05) is 11.6 Å². The Kier molecular flexibility index (Phi) is 5.35. The molecule has 1 aliphatic rings. The minimum absolute atomic E-state index is 0.149. The number of quaternary nitrogens is 1. The van der Waals surface area contributed by atoms with Crippen molar-refractivity contribution < 1.29 is 14.6 Å². The number of ether oxygens (including phenoxy) is 1. The van der Waals surface area contributed by atoms with Crippen molar-refractivity contribution >= 4 is 5.69 Å². The van der Waals surface area contributed by atoms with Gasteiger partial charge in [-0.1, -0.05) is 0 Å². The lowest BCUT2D eigenvalue weighted by Crippen LogP contribution is -3.12. The summed E-state index contributed by atoms with van der Waals surface area (Å²) in [6, 6.07) is 4.95. The van der Waals surface area contributed by atoms with Gasteiger partial charge in [0.15, 0.2) is 0 Å². The maximum atomic E-state index is 10.7. The van der Waals surface area contributed by atoms with Gasteiger partial charge >= 0.3 is 0 Å². The highest BCUT2D eigenvalue weighted by molar-refractivity contribution is 5.44. The quantitative estimate of drug-likeness (QED) is 0.660. The Morgan fingerprint density at radius 3 is 2.55 bits per heavy atom. The molecule has 0 amide bonds. The second-order valence-corrected chi connectivity index (χ2v) is 5.47. The summed E-state index contributed by atoms with van der Waals surface area (Å²) in [6.07, 6.45) is 5.33. The third-order valence-electron chi connectivity index (χ3n) is 3.90. The lowest BCUT2D eigenvalue weighted by Gasteiger charge is -2.17. The summed E-state index contributed by atoms with van der Waals surface area (Å²) in [6.45, 7) is 5.90. The molecule has 0 radical (unpaired) electrons. The van der Waals surface area contributed by atoms with Gasteiger partial charge < -0.3 is 9.64 Å². The number of nitrogens with zero attached hydrogens (tertiary/aromatic N) is 1. The summed E-state index contributed by atoms with van der Waals surface area (Å²) in [5, 5.41) is 10.7. The maximum Gasteiger partial charge on any atom is 0.272 e. The molecule has 1 aromatic carbocycles. The molecule has 1 heterocycles. The van der Waals surface area contributed by atoms with E-state index >= 15 is 0 Å². The van der Waals surface area contributed by atoms with Gasteiger partial charge in [0.1, 0.15) is 18.9 Å². The van der Waals surface area contributed by atoms with E-state index in [9.17, 15) is 10.1 Å². The van der Waals surface area contributed by atoms with Crippen LogP contribution in [0.5, 0.6) is 5.75 Å². The van der Waals surface area contributed by atoms with E-state index in [0.29, 0.717) is 12.2 Å². The average Bonchev–Trinajstić information content (AvgIpc) is 2.67. The molecule has 1 saturated heterocycles. The Bertz CT molecular complexity index is 454.